The summed E-state index contributed by atoms with van der Waals surface area (Å²) in [6, 6.07) is 4.23. The minimum atomic E-state index is -0.460. The van der Waals surface area contributed by atoms with Crippen molar-refractivity contribution in [2.45, 2.75) is 39.7 Å². The highest BCUT2D eigenvalue weighted by Gasteiger charge is 2.25. The number of aromatic nitrogens is 2. The van der Waals surface area contributed by atoms with Crippen molar-refractivity contribution in [3.05, 3.63) is 33.9 Å². The summed E-state index contributed by atoms with van der Waals surface area (Å²) in [7, 11) is 0. The van der Waals surface area contributed by atoms with E-state index in [9.17, 15) is 4.79 Å². The second kappa shape index (κ2) is 6.76. The standard InChI is InChI=1S/C15H21N3O2S/c1-4-7-11(12-8-6-9-21-12)18-10(3)17-13(14(18)16)15(19)20-5-2/h6,8-9,11H,4-5,7,16H2,1-3H3. The number of thiophene rings is 1. The minimum absolute atomic E-state index is 0.116. The number of nitrogens with two attached hydrogens (primary N) is 1. The first kappa shape index (κ1) is 15.6. The molecule has 1 atom stereocenters. The molecule has 0 saturated carbocycles. The third-order valence-corrected chi connectivity index (χ3v) is 4.31. The van der Waals surface area contributed by atoms with E-state index in [1.54, 1.807) is 18.3 Å². The monoisotopic (exact) mass is 307 g/mol. The highest BCUT2D eigenvalue weighted by molar-refractivity contribution is 7.10. The van der Waals surface area contributed by atoms with E-state index in [0.717, 1.165) is 18.7 Å². The topological polar surface area (TPSA) is 70.1 Å². The molecule has 2 heterocycles. The maximum Gasteiger partial charge on any atom is 0.360 e. The third-order valence-electron chi connectivity index (χ3n) is 3.34. The highest BCUT2D eigenvalue weighted by Crippen LogP contribution is 2.32. The lowest BCUT2D eigenvalue weighted by Crippen LogP contribution is -2.15. The van der Waals surface area contributed by atoms with Crippen molar-refractivity contribution in [1.82, 2.24) is 9.55 Å². The van der Waals surface area contributed by atoms with Crippen LogP contribution in [0.3, 0.4) is 0 Å². The van der Waals surface area contributed by atoms with E-state index in [1.165, 1.54) is 4.88 Å². The number of rotatable bonds is 6. The van der Waals surface area contributed by atoms with Gasteiger partial charge in [-0.3, -0.25) is 0 Å². The fraction of sp³-hybridized carbons (Fsp3) is 0.467. The molecule has 0 aromatic carbocycles. The number of carbonyl (C=O) groups excluding carboxylic acids is 1. The molecule has 0 radical (unpaired) electrons. The molecule has 21 heavy (non-hydrogen) atoms. The van der Waals surface area contributed by atoms with Crippen LogP contribution in [0, 0.1) is 6.92 Å². The normalized spacial score (nSPS) is 12.3. The fourth-order valence-corrected chi connectivity index (χ4v) is 3.31. The Bertz CT molecular complexity index is 605. The summed E-state index contributed by atoms with van der Waals surface area (Å²) in [6.07, 6.45) is 1.97. The van der Waals surface area contributed by atoms with Gasteiger partial charge in [0.2, 0.25) is 0 Å². The lowest BCUT2D eigenvalue weighted by atomic mass is 10.1. The number of carbonyl (C=O) groups is 1. The van der Waals surface area contributed by atoms with Crippen molar-refractivity contribution in [3.8, 4) is 0 Å². The molecule has 0 fully saturated rings. The Balaban J connectivity index is 2.44. The fourth-order valence-electron chi connectivity index (χ4n) is 2.46. The Morgan fingerprint density at radius 3 is 2.86 bits per heavy atom. The molecule has 2 aromatic heterocycles. The molecular weight excluding hydrogens is 286 g/mol. The molecule has 6 heteroatoms. The summed E-state index contributed by atoms with van der Waals surface area (Å²) in [5, 5.41) is 2.05. The van der Waals surface area contributed by atoms with Crippen molar-refractivity contribution in [2.75, 3.05) is 12.3 Å². The lowest BCUT2D eigenvalue weighted by Gasteiger charge is -2.19. The van der Waals surface area contributed by atoms with Crippen molar-refractivity contribution >= 4 is 23.1 Å². The average molecular weight is 307 g/mol. The van der Waals surface area contributed by atoms with E-state index in [1.807, 2.05) is 22.9 Å². The average Bonchev–Trinajstić information content (AvgIpc) is 3.06. The van der Waals surface area contributed by atoms with E-state index in [0.29, 0.717) is 12.4 Å². The molecule has 0 aliphatic rings. The summed E-state index contributed by atoms with van der Waals surface area (Å²) in [4.78, 5) is 17.5. The van der Waals surface area contributed by atoms with Crippen LogP contribution in [0.4, 0.5) is 5.82 Å². The SMILES string of the molecule is CCCC(c1cccs1)n1c(C)nc(C(=O)OCC)c1N. The molecule has 0 bridgehead atoms. The van der Waals surface area contributed by atoms with Crippen LogP contribution in [0.2, 0.25) is 0 Å². The van der Waals surface area contributed by atoms with E-state index < -0.39 is 5.97 Å². The lowest BCUT2D eigenvalue weighted by molar-refractivity contribution is 0.0521. The third kappa shape index (κ3) is 3.10. The van der Waals surface area contributed by atoms with Crippen LogP contribution < -0.4 is 5.73 Å². The van der Waals surface area contributed by atoms with Crippen LogP contribution in [0.1, 0.15) is 53.9 Å². The smallest absolute Gasteiger partial charge is 0.360 e. The quantitative estimate of drug-likeness (QED) is 0.830. The number of anilines is 1. The molecule has 0 aliphatic carbocycles. The summed E-state index contributed by atoms with van der Waals surface area (Å²) in [5.74, 6) is 0.665. The van der Waals surface area contributed by atoms with Crippen LogP contribution in [0.25, 0.3) is 0 Å². The van der Waals surface area contributed by atoms with Gasteiger partial charge in [-0.25, -0.2) is 9.78 Å². The second-order valence-corrected chi connectivity index (χ2v) is 5.78. The predicted molar refractivity (Wildman–Crippen MR) is 84.7 cm³/mol. The van der Waals surface area contributed by atoms with E-state index in [2.05, 4.69) is 18.0 Å². The molecule has 0 saturated heterocycles. The first-order valence-corrected chi connectivity index (χ1v) is 8.02. The van der Waals surface area contributed by atoms with Gasteiger partial charge >= 0.3 is 5.97 Å². The first-order valence-electron chi connectivity index (χ1n) is 7.14. The Labute approximate surface area is 128 Å². The molecule has 0 aliphatic heterocycles. The summed E-state index contributed by atoms with van der Waals surface area (Å²) < 4.78 is 6.96. The maximum absolute atomic E-state index is 11.9. The van der Waals surface area contributed by atoms with Gasteiger partial charge in [-0.05, 0) is 31.7 Å². The van der Waals surface area contributed by atoms with Crippen LogP contribution in [-0.4, -0.2) is 22.1 Å². The Kier molecular flexibility index (Phi) is 5.01. The minimum Gasteiger partial charge on any atom is -0.461 e. The van der Waals surface area contributed by atoms with Gasteiger partial charge in [-0.2, -0.15) is 0 Å². The van der Waals surface area contributed by atoms with E-state index in [4.69, 9.17) is 10.5 Å². The van der Waals surface area contributed by atoms with Gasteiger partial charge in [0.25, 0.3) is 0 Å². The van der Waals surface area contributed by atoms with Gasteiger partial charge in [0.05, 0.1) is 12.6 Å². The van der Waals surface area contributed by atoms with Gasteiger partial charge in [-0.15, -0.1) is 11.3 Å². The molecule has 0 amide bonds. The maximum atomic E-state index is 11.9. The largest absolute Gasteiger partial charge is 0.461 e. The zero-order valence-electron chi connectivity index (χ0n) is 12.6. The zero-order chi connectivity index (χ0) is 15.4. The number of imidazole rings is 1. The van der Waals surface area contributed by atoms with Gasteiger partial charge in [0.15, 0.2) is 5.69 Å². The Morgan fingerprint density at radius 1 is 1.52 bits per heavy atom. The summed E-state index contributed by atoms with van der Waals surface area (Å²) >= 11 is 1.69. The predicted octanol–water partition coefficient (Wildman–Crippen LogP) is 3.40. The van der Waals surface area contributed by atoms with Crippen molar-refractivity contribution in [2.24, 2.45) is 0 Å². The summed E-state index contributed by atoms with van der Waals surface area (Å²) in [6.45, 7) is 6.08. The molecule has 114 valence electrons. The molecule has 2 N–H and O–H groups in total. The Hall–Kier alpha value is -1.82. The van der Waals surface area contributed by atoms with E-state index in [-0.39, 0.29) is 11.7 Å². The number of hydrogen-bond donors (Lipinski definition) is 1. The number of nitrogens with zero attached hydrogens (tertiary/aromatic N) is 2. The first-order chi connectivity index (χ1) is 10.1. The van der Waals surface area contributed by atoms with Crippen LogP contribution in [-0.2, 0) is 4.74 Å². The van der Waals surface area contributed by atoms with Gasteiger partial charge in [0, 0.05) is 4.88 Å². The van der Waals surface area contributed by atoms with Gasteiger partial charge < -0.3 is 15.0 Å². The molecule has 0 spiro atoms. The number of ether oxygens (including phenoxy) is 1. The van der Waals surface area contributed by atoms with Crippen LogP contribution >= 0.6 is 11.3 Å². The molecule has 1 unspecified atom stereocenters. The number of hydrogen-bond acceptors (Lipinski definition) is 5. The van der Waals surface area contributed by atoms with Crippen molar-refractivity contribution in [1.29, 1.82) is 0 Å². The molecule has 2 rings (SSSR count). The summed E-state index contributed by atoms with van der Waals surface area (Å²) in [5.41, 5.74) is 6.39. The van der Waals surface area contributed by atoms with Gasteiger partial charge in [0.1, 0.15) is 11.6 Å². The van der Waals surface area contributed by atoms with E-state index >= 15 is 0 Å². The number of aryl methyl sites for hydroxylation is 1. The van der Waals surface area contributed by atoms with Crippen molar-refractivity contribution in [3.63, 3.8) is 0 Å². The number of nitrogen functional groups attached to an aromatic ring is 1. The van der Waals surface area contributed by atoms with Crippen LogP contribution in [0.15, 0.2) is 17.5 Å². The van der Waals surface area contributed by atoms with Crippen molar-refractivity contribution < 1.29 is 9.53 Å². The molecule has 5 nitrogen and oxygen atoms in total. The van der Waals surface area contributed by atoms with Crippen LogP contribution in [0.5, 0.6) is 0 Å². The van der Waals surface area contributed by atoms with Gasteiger partial charge in [-0.1, -0.05) is 19.4 Å². The Morgan fingerprint density at radius 2 is 2.29 bits per heavy atom. The second-order valence-electron chi connectivity index (χ2n) is 4.80. The highest BCUT2D eigenvalue weighted by atomic mass is 32.1. The number of esters is 1. The molecule has 2 aromatic rings. The zero-order valence-corrected chi connectivity index (χ0v) is 13.4. The molecular formula is C15H21N3O2S.